The minimum absolute atomic E-state index is 0.0972. The molecule has 0 aliphatic rings. The zero-order chi connectivity index (χ0) is 22.4. The molecule has 164 valence electrons. The number of benzene rings is 2. The summed E-state index contributed by atoms with van der Waals surface area (Å²) in [5, 5.41) is 4.45. The monoisotopic (exact) mass is 459 g/mol. The zero-order valence-electron chi connectivity index (χ0n) is 17.9. The molecule has 3 rings (SSSR count). The van der Waals surface area contributed by atoms with Crippen molar-refractivity contribution in [3.8, 4) is 5.75 Å². The van der Waals surface area contributed by atoms with Gasteiger partial charge in [-0.1, -0.05) is 49.3 Å². The van der Waals surface area contributed by atoms with E-state index in [2.05, 4.69) is 10.3 Å². The van der Waals surface area contributed by atoms with Gasteiger partial charge in [-0.3, -0.25) is 14.2 Å². The molecule has 0 fully saturated rings. The molecule has 1 N–H and O–H groups in total. The van der Waals surface area contributed by atoms with Gasteiger partial charge < -0.3 is 10.1 Å². The van der Waals surface area contributed by atoms with E-state index >= 15 is 0 Å². The summed E-state index contributed by atoms with van der Waals surface area (Å²) in [6.45, 7) is 5.13. The Balaban J connectivity index is 1.65. The van der Waals surface area contributed by atoms with Gasteiger partial charge in [-0.2, -0.15) is 0 Å². The predicted octanol–water partition coefficient (Wildman–Crippen LogP) is 4.17. The van der Waals surface area contributed by atoms with Crippen LogP contribution in [0.5, 0.6) is 5.75 Å². The van der Waals surface area contributed by atoms with Gasteiger partial charge in [0.15, 0.2) is 5.16 Å². The summed E-state index contributed by atoms with van der Waals surface area (Å²) in [6, 6.07) is 12.9. The highest BCUT2D eigenvalue weighted by atomic mass is 35.5. The van der Waals surface area contributed by atoms with E-state index < -0.39 is 0 Å². The second kappa shape index (κ2) is 10.7. The molecule has 1 amide bonds. The molecule has 0 saturated heterocycles. The van der Waals surface area contributed by atoms with Crippen molar-refractivity contribution in [2.75, 3.05) is 19.4 Å². The third-order valence-electron chi connectivity index (χ3n) is 4.66. The standard InChI is InChI=1S/C23H26ClN3O3S/c1-15(2)13-27-22(29)19-12-17(24)6-9-20(19)26-23(27)31-14-21(28)25-11-10-16-4-7-18(30-3)8-5-16/h4-9,12,15H,10-11,13-14H2,1-3H3,(H,25,28). The molecule has 6 nitrogen and oxygen atoms in total. The van der Waals surface area contributed by atoms with Crippen LogP contribution in [-0.4, -0.2) is 34.9 Å². The number of rotatable bonds is 9. The molecule has 0 bridgehead atoms. The molecule has 0 aliphatic carbocycles. The van der Waals surface area contributed by atoms with Crippen LogP contribution in [0.2, 0.25) is 5.02 Å². The average molecular weight is 460 g/mol. The molecule has 0 aliphatic heterocycles. The Kier molecular flexibility index (Phi) is 7.98. The van der Waals surface area contributed by atoms with Crippen LogP contribution >= 0.6 is 23.4 Å². The molecule has 31 heavy (non-hydrogen) atoms. The Labute approximate surface area is 191 Å². The van der Waals surface area contributed by atoms with Crippen LogP contribution in [0.15, 0.2) is 52.4 Å². The van der Waals surface area contributed by atoms with Crippen LogP contribution in [0, 0.1) is 5.92 Å². The maximum absolute atomic E-state index is 13.0. The first kappa shape index (κ1) is 23.2. The Hall–Kier alpha value is -2.51. The summed E-state index contributed by atoms with van der Waals surface area (Å²) >= 11 is 7.33. The largest absolute Gasteiger partial charge is 0.497 e. The number of carbonyl (C=O) groups is 1. The molecule has 2 aromatic carbocycles. The quantitative estimate of drug-likeness (QED) is 0.384. The van der Waals surface area contributed by atoms with Gasteiger partial charge in [-0.25, -0.2) is 4.98 Å². The summed E-state index contributed by atoms with van der Waals surface area (Å²) in [7, 11) is 1.63. The molecule has 1 heterocycles. The van der Waals surface area contributed by atoms with Crippen LogP contribution in [0.3, 0.4) is 0 Å². The first-order valence-electron chi connectivity index (χ1n) is 10.1. The van der Waals surface area contributed by atoms with Crippen molar-refractivity contribution in [2.45, 2.75) is 32.0 Å². The van der Waals surface area contributed by atoms with Crippen molar-refractivity contribution in [2.24, 2.45) is 5.92 Å². The molecule has 1 aromatic heterocycles. The molecular weight excluding hydrogens is 434 g/mol. The van der Waals surface area contributed by atoms with E-state index in [1.807, 2.05) is 38.1 Å². The van der Waals surface area contributed by atoms with Crippen LogP contribution in [-0.2, 0) is 17.8 Å². The van der Waals surface area contributed by atoms with Gasteiger partial charge in [0.2, 0.25) is 5.91 Å². The minimum atomic E-state index is -0.136. The molecule has 8 heteroatoms. The van der Waals surface area contributed by atoms with E-state index in [0.717, 1.165) is 17.7 Å². The number of ether oxygens (including phenoxy) is 1. The lowest BCUT2D eigenvalue weighted by Gasteiger charge is -2.15. The van der Waals surface area contributed by atoms with Gasteiger partial charge in [-0.15, -0.1) is 0 Å². The van der Waals surface area contributed by atoms with E-state index in [4.69, 9.17) is 16.3 Å². The third-order valence-corrected chi connectivity index (χ3v) is 5.87. The molecule has 0 atom stereocenters. The van der Waals surface area contributed by atoms with Crippen molar-refractivity contribution in [1.29, 1.82) is 0 Å². The fourth-order valence-corrected chi connectivity index (χ4v) is 4.14. The number of nitrogens with zero attached hydrogens (tertiary/aromatic N) is 2. The highest BCUT2D eigenvalue weighted by Gasteiger charge is 2.14. The molecule has 3 aromatic rings. The number of thioether (sulfide) groups is 1. The van der Waals surface area contributed by atoms with E-state index in [-0.39, 0.29) is 23.1 Å². The van der Waals surface area contributed by atoms with Gasteiger partial charge in [-0.05, 0) is 48.2 Å². The van der Waals surface area contributed by atoms with Gasteiger partial charge in [0.1, 0.15) is 5.75 Å². The summed E-state index contributed by atoms with van der Waals surface area (Å²) in [5.74, 6) is 1.15. The number of carbonyl (C=O) groups excluding carboxylic acids is 1. The Bertz CT molecular complexity index is 1110. The Morgan fingerprint density at radius 3 is 2.65 bits per heavy atom. The fraction of sp³-hybridized carbons (Fsp3) is 0.348. The van der Waals surface area contributed by atoms with E-state index in [9.17, 15) is 9.59 Å². The Morgan fingerprint density at radius 2 is 1.97 bits per heavy atom. The SMILES string of the molecule is COc1ccc(CCNC(=O)CSc2nc3ccc(Cl)cc3c(=O)n2CC(C)C)cc1. The molecule has 0 unspecified atom stereocenters. The number of aromatic nitrogens is 2. The lowest BCUT2D eigenvalue weighted by molar-refractivity contribution is -0.118. The normalized spacial score (nSPS) is 11.1. The summed E-state index contributed by atoms with van der Waals surface area (Å²) in [4.78, 5) is 30.0. The Morgan fingerprint density at radius 1 is 1.23 bits per heavy atom. The highest BCUT2D eigenvalue weighted by Crippen LogP contribution is 2.21. The van der Waals surface area contributed by atoms with E-state index in [1.165, 1.54) is 11.8 Å². The lowest BCUT2D eigenvalue weighted by Crippen LogP contribution is -2.29. The predicted molar refractivity (Wildman–Crippen MR) is 126 cm³/mol. The molecule has 0 radical (unpaired) electrons. The molecule has 0 spiro atoms. The maximum Gasteiger partial charge on any atom is 0.262 e. The summed E-state index contributed by atoms with van der Waals surface area (Å²) < 4.78 is 6.79. The first-order valence-corrected chi connectivity index (χ1v) is 11.5. The zero-order valence-corrected chi connectivity index (χ0v) is 19.4. The van der Waals surface area contributed by atoms with Gasteiger partial charge in [0.25, 0.3) is 5.56 Å². The number of nitrogens with one attached hydrogen (secondary N) is 1. The van der Waals surface area contributed by atoms with Crippen LogP contribution in [0.1, 0.15) is 19.4 Å². The van der Waals surface area contributed by atoms with Crippen LogP contribution in [0.25, 0.3) is 10.9 Å². The van der Waals surface area contributed by atoms with Crippen molar-refractivity contribution < 1.29 is 9.53 Å². The average Bonchev–Trinajstić information content (AvgIpc) is 2.75. The van der Waals surface area contributed by atoms with Crippen molar-refractivity contribution >= 4 is 40.2 Å². The van der Waals surface area contributed by atoms with Gasteiger partial charge >= 0.3 is 0 Å². The van der Waals surface area contributed by atoms with Crippen LogP contribution < -0.4 is 15.6 Å². The molecular formula is C23H26ClN3O3S. The second-order valence-electron chi connectivity index (χ2n) is 7.60. The number of amides is 1. The van der Waals surface area contributed by atoms with Gasteiger partial charge in [0.05, 0.1) is 23.8 Å². The number of fused-ring (bicyclic) bond motifs is 1. The smallest absolute Gasteiger partial charge is 0.262 e. The summed E-state index contributed by atoms with van der Waals surface area (Å²) in [6.07, 6.45) is 0.730. The minimum Gasteiger partial charge on any atom is -0.497 e. The van der Waals surface area contributed by atoms with Crippen LogP contribution in [0.4, 0.5) is 0 Å². The topological polar surface area (TPSA) is 73.2 Å². The number of methoxy groups -OCH3 is 1. The summed E-state index contributed by atoms with van der Waals surface area (Å²) in [5.41, 5.74) is 1.56. The van der Waals surface area contributed by atoms with Crippen molar-refractivity contribution in [3.63, 3.8) is 0 Å². The van der Waals surface area contributed by atoms with Crippen molar-refractivity contribution in [3.05, 3.63) is 63.4 Å². The maximum atomic E-state index is 13.0. The van der Waals surface area contributed by atoms with Crippen molar-refractivity contribution in [1.82, 2.24) is 14.9 Å². The first-order chi connectivity index (χ1) is 14.9. The fourth-order valence-electron chi connectivity index (χ4n) is 3.13. The number of halogens is 1. The second-order valence-corrected chi connectivity index (χ2v) is 8.98. The number of hydrogen-bond acceptors (Lipinski definition) is 5. The van der Waals surface area contributed by atoms with Gasteiger partial charge in [0, 0.05) is 18.1 Å². The van der Waals surface area contributed by atoms with E-state index in [1.54, 1.807) is 29.9 Å². The number of hydrogen-bond donors (Lipinski definition) is 1. The molecule has 0 saturated carbocycles. The highest BCUT2D eigenvalue weighted by molar-refractivity contribution is 7.99. The van der Waals surface area contributed by atoms with E-state index in [0.29, 0.717) is 34.2 Å². The lowest BCUT2D eigenvalue weighted by atomic mass is 10.1. The third kappa shape index (κ3) is 6.24.